The summed E-state index contributed by atoms with van der Waals surface area (Å²) in [6, 6.07) is 193. The van der Waals surface area contributed by atoms with Crippen molar-refractivity contribution in [3.63, 3.8) is 0 Å². The van der Waals surface area contributed by atoms with Gasteiger partial charge in [-0.1, -0.05) is 461 Å². The van der Waals surface area contributed by atoms with Gasteiger partial charge in [0.25, 0.3) is 0 Å². The zero-order valence-corrected chi connectivity index (χ0v) is 73.6. The van der Waals surface area contributed by atoms with Crippen molar-refractivity contribution in [2.75, 3.05) is 9.80 Å². The van der Waals surface area contributed by atoms with E-state index < -0.39 is 0 Å². The summed E-state index contributed by atoms with van der Waals surface area (Å²) < 4.78 is 0. The molecule has 134 heavy (non-hydrogen) atoms. The van der Waals surface area contributed by atoms with Crippen LogP contribution < -0.4 is 9.80 Å². The highest BCUT2D eigenvalue weighted by molar-refractivity contribution is 5.87. The first-order valence-corrected chi connectivity index (χ1v) is 45.4. The molecule has 0 spiro atoms. The van der Waals surface area contributed by atoms with Gasteiger partial charge in [-0.25, -0.2) is 19.9 Å². The minimum Gasteiger partial charge on any atom is -0.311 e. The van der Waals surface area contributed by atoms with E-state index in [0.29, 0.717) is 11.6 Å². The summed E-state index contributed by atoms with van der Waals surface area (Å²) >= 11 is 0. The van der Waals surface area contributed by atoms with Crippen LogP contribution >= 0.6 is 0 Å². The number of nitrogens with zero attached hydrogens (tertiary/aromatic N) is 6. The molecule has 6 nitrogen and oxygen atoms in total. The molecule has 0 unspecified atom stereocenters. The Kier molecular flexibility index (Phi) is 24.2. The standard InChI is InChI=1S/2C64H45N3/c1-5-13-46(14-6-1)48-21-25-50(26-22-48)53-33-39-59(40-34-53)67(60-41-35-54(36-42-60)51-27-23-49(24-28-51)47-15-7-2-8-16-47)61-43-37-55(38-44-61)52-29-31-57(32-30-52)63-45-62(56-17-9-3-10-18-56)65-64(66-63)58-19-11-4-12-20-58;1-5-13-46(14-6-1)49-21-23-51(24-22-49)54-35-41-60(42-36-54)67(59-39-33-53(34-40-59)48-17-9-3-10-18-48)61-43-37-55(38-44-61)52-27-31-57(32-28-52)63-45-62(65-64(66-63)58-19-11-4-12-20-58)56-29-25-50(26-30-56)47-15-7-2-8-16-47/h2*1-45H. The molecule has 0 bridgehead atoms. The highest BCUT2D eigenvalue weighted by Crippen LogP contribution is 2.43. The Bertz CT molecular complexity index is 7460. The van der Waals surface area contributed by atoms with Gasteiger partial charge >= 0.3 is 0 Å². The Labute approximate surface area is 783 Å². The predicted octanol–water partition coefficient (Wildman–Crippen LogP) is 34.6. The summed E-state index contributed by atoms with van der Waals surface area (Å²) in [5.41, 5.74) is 39.8. The van der Waals surface area contributed by atoms with E-state index in [-0.39, 0.29) is 0 Å². The van der Waals surface area contributed by atoms with Crippen molar-refractivity contribution in [3.05, 3.63) is 546 Å². The minimum atomic E-state index is 0.700. The van der Waals surface area contributed by atoms with Gasteiger partial charge in [0, 0.05) is 67.5 Å². The van der Waals surface area contributed by atoms with Crippen LogP contribution in [-0.2, 0) is 0 Å². The topological polar surface area (TPSA) is 58.0 Å². The second-order valence-corrected chi connectivity index (χ2v) is 33.3. The summed E-state index contributed by atoms with van der Waals surface area (Å²) in [6.45, 7) is 0. The molecule has 2 aromatic heterocycles. The molecular weight excluding hydrogens is 1620 g/mol. The number of hydrogen-bond donors (Lipinski definition) is 0. The van der Waals surface area contributed by atoms with Crippen molar-refractivity contribution in [3.8, 4) is 179 Å². The molecule has 0 radical (unpaired) electrons. The molecule has 20 aromatic carbocycles. The average molecular weight is 1710 g/mol. The van der Waals surface area contributed by atoms with Crippen molar-refractivity contribution >= 4 is 34.1 Å². The van der Waals surface area contributed by atoms with E-state index in [9.17, 15) is 0 Å². The van der Waals surface area contributed by atoms with Crippen LogP contribution in [0.4, 0.5) is 34.1 Å². The summed E-state index contributed by atoms with van der Waals surface area (Å²) in [5, 5.41) is 0. The van der Waals surface area contributed by atoms with Gasteiger partial charge in [0.2, 0.25) is 0 Å². The highest BCUT2D eigenvalue weighted by atomic mass is 15.1. The first-order chi connectivity index (χ1) is 66.4. The smallest absolute Gasteiger partial charge is 0.160 e. The first-order valence-electron chi connectivity index (χ1n) is 45.4. The van der Waals surface area contributed by atoms with E-state index in [0.717, 1.165) is 113 Å². The van der Waals surface area contributed by atoms with Gasteiger partial charge in [-0.2, -0.15) is 0 Å². The number of aromatic nitrogens is 4. The molecule has 632 valence electrons. The monoisotopic (exact) mass is 1710 g/mol. The summed E-state index contributed by atoms with van der Waals surface area (Å²) in [6.07, 6.45) is 0. The van der Waals surface area contributed by atoms with E-state index in [1.165, 1.54) is 89.0 Å². The molecule has 0 atom stereocenters. The Balaban J connectivity index is 0.000000161. The minimum absolute atomic E-state index is 0.700. The van der Waals surface area contributed by atoms with Gasteiger partial charge in [-0.05, 0) is 196 Å². The van der Waals surface area contributed by atoms with Crippen molar-refractivity contribution in [1.29, 1.82) is 0 Å². The molecule has 0 saturated heterocycles. The largest absolute Gasteiger partial charge is 0.311 e. The highest BCUT2D eigenvalue weighted by Gasteiger charge is 2.20. The Hall–Kier alpha value is -17.8. The van der Waals surface area contributed by atoms with Crippen LogP contribution in [0.5, 0.6) is 0 Å². The maximum Gasteiger partial charge on any atom is 0.160 e. The molecular formula is C128H90N6. The third-order valence-electron chi connectivity index (χ3n) is 24.7. The molecule has 22 aromatic rings. The molecule has 6 heteroatoms. The zero-order chi connectivity index (χ0) is 89.6. The quantitative estimate of drug-likeness (QED) is 0.0674. The van der Waals surface area contributed by atoms with Crippen LogP contribution in [0.3, 0.4) is 0 Å². The predicted molar refractivity (Wildman–Crippen MR) is 560 cm³/mol. The van der Waals surface area contributed by atoms with Crippen LogP contribution in [0.25, 0.3) is 179 Å². The van der Waals surface area contributed by atoms with Crippen molar-refractivity contribution in [1.82, 2.24) is 19.9 Å². The fourth-order valence-corrected chi connectivity index (χ4v) is 17.5. The van der Waals surface area contributed by atoms with Gasteiger partial charge in [0.05, 0.1) is 22.8 Å². The fraction of sp³-hybridized carbons (Fsp3) is 0. The first kappa shape index (κ1) is 83.1. The molecule has 22 rings (SSSR count). The van der Waals surface area contributed by atoms with Crippen molar-refractivity contribution in [2.45, 2.75) is 0 Å². The SMILES string of the molecule is c1ccc(-c2ccc(-c3ccc(N(c4ccc(-c5ccc(-c6ccccc6)cc5)cc4)c4ccc(-c5ccc(-c6cc(-c7ccccc7)nc(-c7ccccc7)n6)cc5)cc4)cc3)cc2)cc1.c1ccc(-c2ccc(-c3ccc(N(c4ccc(-c5ccccc5)cc4)c4ccc(-c5ccc(-c6cc(-c7ccc(-c8ccccc8)cc7)nc(-c7ccccc7)n6)cc5)cc4)cc3)cc2)cc1. The lowest BCUT2D eigenvalue weighted by Crippen LogP contribution is -2.09. The molecule has 0 N–H and O–H groups in total. The fourth-order valence-electron chi connectivity index (χ4n) is 17.5. The van der Waals surface area contributed by atoms with Crippen LogP contribution in [-0.4, -0.2) is 19.9 Å². The van der Waals surface area contributed by atoms with Gasteiger partial charge in [0.15, 0.2) is 11.6 Å². The molecule has 0 aliphatic carbocycles. The van der Waals surface area contributed by atoms with E-state index in [1.54, 1.807) is 0 Å². The van der Waals surface area contributed by atoms with E-state index >= 15 is 0 Å². The van der Waals surface area contributed by atoms with Crippen molar-refractivity contribution < 1.29 is 0 Å². The average Bonchev–Trinajstić information content (AvgIpc) is 0.814. The molecule has 0 amide bonds. The Morgan fingerprint density at radius 3 is 0.351 bits per heavy atom. The molecule has 0 aliphatic heterocycles. The number of hydrogen-bond acceptors (Lipinski definition) is 6. The number of benzene rings is 20. The maximum absolute atomic E-state index is 5.10. The summed E-state index contributed by atoms with van der Waals surface area (Å²) in [7, 11) is 0. The lowest BCUT2D eigenvalue weighted by molar-refractivity contribution is 1.18. The van der Waals surface area contributed by atoms with Gasteiger partial charge in [-0.15, -0.1) is 0 Å². The Morgan fingerprint density at radius 2 is 0.201 bits per heavy atom. The second kappa shape index (κ2) is 39.0. The second-order valence-electron chi connectivity index (χ2n) is 33.3. The van der Waals surface area contributed by atoms with Gasteiger partial charge < -0.3 is 9.80 Å². The molecule has 0 aliphatic rings. The van der Waals surface area contributed by atoms with E-state index in [4.69, 9.17) is 19.9 Å². The third kappa shape index (κ3) is 18.9. The van der Waals surface area contributed by atoms with Crippen LogP contribution in [0, 0.1) is 0 Å². The summed E-state index contributed by atoms with van der Waals surface area (Å²) in [4.78, 5) is 24.9. The van der Waals surface area contributed by atoms with Crippen LogP contribution in [0.2, 0.25) is 0 Å². The summed E-state index contributed by atoms with van der Waals surface area (Å²) in [5.74, 6) is 1.41. The Morgan fingerprint density at radius 1 is 0.0970 bits per heavy atom. The third-order valence-corrected chi connectivity index (χ3v) is 24.7. The lowest BCUT2D eigenvalue weighted by atomic mass is 9.99. The lowest BCUT2D eigenvalue weighted by Gasteiger charge is -2.26. The number of rotatable bonds is 22. The van der Waals surface area contributed by atoms with E-state index in [2.05, 4.69) is 495 Å². The normalized spacial score (nSPS) is 11.0. The zero-order valence-electron chi connectivity index (χ0n) is 73.6. The van der Waals surface area contributed by atoms with Crippen LogP contribution in [0.15, 0.2) is 546 Å². The van der Waals surface area contributed by atoms with Crippen LogP contribution in [0.1, 0.15) is 0 Å². The van der Waals surface area contributed by atoms with Gasteiger partial charge in [0.1, 0.15) is 0 Å². The molecule has 0 saturated carbocycles. The van der Waals surface area contributed by atoms with E-state index in [1.807, 2.05) is 60.7 Å². The van der Waals surface area contributed by atoms with Crippen molar-refractivity contribution in [2.24, 2.45) is 0 Å². The molecule has 2 heterocycles. The number of anilines is 6. The maximum atomic E-state index is 5.10. The van der Waals surface area contributed by atoms with Gasteiger partial charge in [-0.3, -0.25) is 0 Å². The molecule has 0 fully saturated rings.